The summed E-state index contributed by atoms with van der Waals surface area (Å²) < 4.78 is 0. The zero-order valence-electron chi connectivity index (χ0n) is 12.5. The van der Waals surface area contributed by atoms with E-state index in [-0.39, 0.29) is 0 Å². The second-order valence-electron chi connectivity index (χ2n) is 5.51. The van der Waals surface area contributed by atoms with Crippen molar-refractivity contribution in [3.8, 4) is 0 Å². The molecule has 1 aliphatic heterocycles. The number of aromatic nitrogens is 1. The van der Waals surface area contributed by atoms with E-state index < -0.39 is 0 Å². The molecule has 0 saturated carbocycles. The molecular formula is C15H26ClN3S. The van der Waals surface area contributed by atoms with Gasteiger partial charge in [-0.1, -0.05) is 6.92 Å². The van der Waals surface area contributed by atoms with Gasteiger partial charge in [-0.2, -0.15) is 0 Å². The number of hydrogen-bond donors (Lipinski definition) is 0. The first-order valence-electron chi connectivity index (χ1n) is 7.75. The summed E-state index contributed by atoms with van der Waals surface area (Å²) in [5, 5.41) is 3.32. The molecule has 0 aliphatic carbocycles. The van der Waals surface area contributed by atoms with E-state index in [1.54, 1.807) is 11.3 Å². The van der Waals surface area contributed by atoms with Crippen LogP contribution in [0.5, 0.6) is 0 Å². The van der Waals surface area contributed by atoms with Gasteiger partial charge in [-0.3, -0.25) is 0 Å². The topological polar surface area (TPSA) is 19.4 Å². The lowest BCUT2D eigenvalue weighted by Gasteiger charge is -2.34. The first-order valence-corrected chi connectivity index (χ1v) is 9.17. The van der Waals surface area contributed by atoms with Crippen LogP contribution in [0, 0.1) is 0 Å². The lowest BCUT2D eigenvalue weighted by Crippen LogP contribution is -2.46. The zero-order chi connectivity index (χ0) is 14.2. The van der Waals surface area contributed by atoms with Gasteiger partial charge in [0, 0.05) is 31.6 Å². The van der Waals surface area contributed by atoms with Crippen molar-refractivity contribution in [1.29, 1.82) is 0 Å². The number of unbranched alkanes of at least 4 members (excludes halogenated alkanes) is 1. The first kappa shape index (κ1) is 16.2. The molecule has 2 heterocycles. The summed E-state index contributed by atoms with van der Waals surface area (Å²) in [6, 6.07) is 0. The average Bonchev–Trinajstić information content (AvgIpc) is 2.94. The van der Waals surface area contributed by atoms with Crippen molar-refractivity contribution >= 4 is 22.9 Å². The standard InChI is InChI=1S/C15H26ClN3S/c1-2-6-18-8-10-19(11-9-18)7-4-3-5-15-17-14(12-16)13-20-15/h13H,2-12H2,1H3. The Morgan fingerprint density at radius 1 is 1.15 bits per heavy atom. The molecule has 1 fully saturated rings. The monoisotopic (exact) mass is 315 g/mol. The maximum Gasteiger partial charge on any atom is 0.0928 e. The van der Waals surface area contributed by atoms with Gasteiger partial charge < -0.3 is 9.80 Å². The molecule has 0 unspecified atom stereocenters. The Balaban J connectivity index is 1.55. The molecule has 20 heavy (non-hydrogen) atoms. The molecule has 2 rings (SSSR count). The Morgan fingerprint density at radius 3 is 2.45 bits per heavy atom. The van der Waals surface area contributed by atoms with E-state index in [2.05, 4.69) is 27.1 Å². The molecule has 5 heteroatoms. The quantitative estimate of drug-likeness (QED) is 0.542. The smallest absolute Gasteiger partial charge is 0.0928 e. The summed E-state index contributed by atoms with van der Waals surface area (Å²) in [6.07, 6.45) is 4.91. The number of halogens is 1. The van der Waals surface area contributed by atoms with Gasteiger partial charge in [0.25, 0.3) is 0 Å². The van der Waals surface area contributed by atoms with E-state index in [0.717, 1.165) is 12.1 Å². The number of aryl methyl sites for hydroxylation is 1. The molecule has 114 valence electrons. The van der Waals surface area contributed by atoms with E-state index in [1.165, 1.54) is 63.5 Å². The molecule has 0 bridgehead atoms. The van der Waals surface area contributed by atoms with Gasteiger partial charge in [0.2, 0.25) is 0 Å². The van der Waals surface area contributed by atoms with E-state index in [1.807, 2.05) is 0 Å². The second kappa shape index (κ2) is 8.98. The number of alkyl halides is 1. The van der Waals surface area contributed by atoms with Gasteiger partial charge in [-0.05, 0) is 38.8 Å². The summed E-state index contributed by atoms with van der Waals surface area (Å²) in [5.41, 5.74) is 1.03. The summed E-state index contributed by atoms with van der Waals surface area (Å²) in [6.45, 7) is 9.76. The Morgan fingerprint density at radius 2 is 1.85 bits per heavy atom. The normalized spacial score (nSPS) is 17.7. The van der Waals surface area contributed by atoms with Crippen LogP contribution in [0.4, 0.5) is 0 Å². The van der Waals surface area contributed by atoms with Crippen molar-refractivity contribution < 1.29 is 0 Å². The molecule has 1 aliphatic rings. The predicted molar refractivity (Wildman–Crippen MR) is 87.8 cm³/mol. The maximum absolute atomic E-state index is 5.77. The van der Waals surface area contributed by atoms with E-state index >= 15 is 0 Å². The number of rotatable bonds is 8. The van der Waals surface area contributed by atoms with Gasteiger partial charge in [0.1, 0.15) is 0 Å². The van der Waals surface area contributed by atoms with Crippen LogP contribution < -0.4 is 0 Å². The van der Waals surface area contributed by atoms with Crippen LogP contribution in [0.1, 0.15) is 36.9 Å². The molecule has 1 aromatic heterocycles. The average molecular weight is 316 g/mol. The van der Waals surface area contributed by atoms with Crippen LogP contribution in [0.2, 0.25) is 0 Å². The molecule has 1 aromatic rings. The summed E-state index contributed by atoms with van der Waals surface area (Å²) in [4.78, 5) is 9.70. The number of nitrogens with zero attached hydrogens (tertiary/aromatic N) is 3. The minimum absolute atomic E-state index is 0.540. The third-order valence-corrected chi connectivity index (χ3v) is 5.09. The lowest BCUT2D eigenvalue weighted by molar-refractivity contribution is 0.131. The van der Waals surface area contributed by atoms with Gasteiger partial charge >= 0.3 is 0 Å². The Labute approximate surface area is 131 Å². The summed E-state index contributed by atoms with van der Waals surface area (Å²) in [7, 11) is 0. The minimum Gasteiger partial charge on any atom is -0.301 e. The minimum atomic E-state index is 0.540. The van der Waals surface area contributed by atoms with Crippen LogP contribution >= 0.6 is 22.9 Å². The molecule has 3 nitrogen and oxygen atoms in total. The molecule has 0 aromatic carbocycles. The van der Waals surface area contributed by atoms with Crippen molar-refractivity contribution in [1.82, 2.24) is 14.8 Å². The van der Waals surface area contributed by atoms with Crippen molar-refractivity contribution in [2.45, 2.75) is 38.5 Å². The fourth-order valence-corrected chi connectivity index (χ4v) is 3.76. The molecule has 0 radical (unpaired) electrons. The van der Waals surface area contributed by atoms with Crippen LogP contribution in [0.3, 0.4) is 0 Å². The SMILES string of the molecule is CCCN1CCN(CCCCc2nc(CCl)cs2)CC1. The molecule has 0 amide bonds. The number of thiazole rings is 1. The Kier molecular flexibility index (Phi) is 7.28. The van der Waals surface area contributed by atoms with Crippen molar-refractivity contribution in [2.24, 2.45) is 0 Å². The largest absolute Gasteiger partial charge is 0.301 e. The van der Waals surface area contributed by atoms with E-state index in [9.17, 15) is 0 Å². The lowest BCUT2D eigenvalue weighted by atomic mass is 10.2. The fourth-order valence-electron chi connectivity index (χ4n) is 2.69. The Hall–Kier alpha value is -0.160. The van der Waals surface area contributed by atoms with Crippen LogP contribution in [-0.2, 0) is 12.3 Å². The third-order valence-electron chi connectivity index (χ3n) is 3.86. The molecule has 0 N–H and O–H groups in total. The van der Waals surface area contributed by atoms with E-state index in [4.69, 9.17) is 11.6 Å². The summed E-state index contributed by atoms with van der Waals surface area (Å²) >= 11 is 7.52. The van der Waals surface area contributed by atoms with Crippen molar-refractivity contribution in [3.63, 3.8) is 0 Å². The van der Waals surface area contributed by atoms with Crippen LogP contribution in [0.15, 0.2) is 5.38 Å². The van der Waals surface area contributed by atoms with Crippen molar-refractivity contribution in [3.05, 3.63) is 16.1 Å². The van der Waals surface area contributed by atoms with Gasteiger partial charge in [-0.25, -0.2) is 4.98 Å². The molecule has 1 saturated heterocycles. The first-order chi connectivity index (χ1) is 9.81. The number of piperazine rings is 1. The van der Waals surface area contributed by atoms with Gasteiger partial charge in [0.15, 0.2) is 0 Å². The third kappa shape index (κ3) is 5.32. The molecule has 0 spiro atoms. The van der Waals surface area contributed by atoms with E-state index in [0.29, 0.717) is 5.88 Å². The number of hydrogen-bond acceptors (Lipinski definition) is 4. The second-order valence-corrected chi connectivity index (χ2v) is 6.72. The zero-order valence-corrected chi connectivity index (χ0v) is 14.1. The fraction of sp³-hybridized carbons (Fsp3) is 0.800. The highest BCUT2D eigenvalue weighted by molar-refractivity contribution is 7.09. The predicted octanol–water partition coefficient (Wildman–Crippen LogP) is 3.23. The van der Waals surface area contributed by atoms with Crippen LogP contribution in [-0.4, -0.2) is 54.1 Å². The molecular weight excluding hydrogens is 290 g/mol. The molecule has 0 atom stereocenters. The highest BCUT2D eigenvalue weighted by atomic mass is 35.5. The highest BCUT2D eigenvalue weighted by Crippen LogP contribution is 2.14. The Bertz CT molecular complexity index is 375. The highest BCUT2D eigenvalue weighted by Gasteiger charge is 2.15. The van der Waals surface area contributed by atoms with Crippen molar-refractivity contribution in [2.75, 3.05) is 39.3 Å². The summed E-state index contributed by atoms with van der Waals surface area (Å²) in [5.74, 6) is 0.540. The maximum atomic E-state index is 5.77. The van der Waals surface area contributed by atoms with Gasteiger partial charge in [0.05, 0.1) is 16.6 Å². The van der Waals surface area contributed by atoms with Crippen LogP contribution in [0.25, 0.3) is 0 Å². The van der Waals surface area contributed by atoms with Gasteiger partial charge in [-0.15, -0.1) is 22.9 Å².